The van der Waals surface area contributed by atoms with E-state index in [1.165, 1.54) is 7.11 Å². The lowest BCUT2D eigenvalue weighted by Crippen LogP contribution is -2.49. The van der Waals surface area contributed by atoms with Gasteiger partial charge in [0, 0.05) is 51.9 Å². The number of nitrogens with two attached hydrogens (primary N) is 1. The molecule has 0 aromatic heterocycles. The predicted octanol–water partition coefficient (Wildman–Crippen LogP) is 1.02. The molecule has 0 radical (unpaired) electrons. The summed E-state index contributed by atoms with van der Waals surface area (Å²) in [6.45, 7) is 5.78. The van der Waals surface area contributed by atoms with Crippen molar-refractivity contribution in [2.24, 2.45) is 0 Å². The Hall–Kier alpha value is -2.16. The molecular weight excluding hydrogens is 394 g/mol. The SMILES string of the molecule is COC(=O)C(CCc1ccc(N)cc1)N(CCN(C)C)CCN(CCN(C)C)C(C)=O. The average molecular weight is 436 g/mol. The molecule has 1 atom stereocenters. The first kappa shape index (κ1) is 26.9. The molecule has 0 spiro atoms. The zero-order valence-electron chi connectivity index (χ0n) is 20.1. The van der Waals surface area contributed by atoms with Gasteiger partial charge < -0.3 is 25.2 Å². The monoisotopic (exact) mass is 435 g/mol. The van der Waals surface area contributed by atoms with Crippen molar-refractivity contribution in [2.75, 3.05) is 80.3 Å². The van der Waals surface area contributed by atoms with E-state index in [1.54, 1.807) is 6.92 Å². The van der Waals surface area contributed by atoms with E-state index in [2.05, 4.69) is 14.7 Å². The fourth-order valence-corrected chi connectivity index (χ4v) is 3.32. The Morgan fingerprint density at radius 1 is 0.903 bits per heavy atom. The molecule has 8 nitrogen and oxygen atoms in total. The maximum absolute atomic E-state index is 12.7. The Bertz CT molecular complexity index is 664. The molecule has 8 heteroatoms. The largest absolute Gasteiger partial charge is 0.468 e. The van der Waals surface area contributed by atoms with Gasteiger partial charge in [-0.25, -0.2) is 0 Å². The molecule has 0 aliphatic heterocycles. The number of carbonyl (C=O) groups is 2. The average Bonchev–Trinajstić information content (AvgIpc) is 2.71. The van der Waals surface area contributed by atoms with Crippen LogP contribution in [0.4, 0.5) is 5.69 Å². The normalized spacial score (nSPS) is 12.4. The number of likely N-dealkylation sites (N-methyl/N-ethyl adjacent to an activating group) is 2. The molecule has 2 N–H and O–H groups in total. The van der Waals surface area contributed by atoms with E-state index >= 15 is 0 Å². The highest BCUT2D eigenvalue weighted by Gasteiger charge is 2.27. The number of ether oxygens (including phenoxy) is 1. The molecule has 1 unspecified atom stereocenters. The number of esters is 1. The van der Waals surface area contributed by atoms with Crippen molar-refractivity contribution in [2.45, 2.75) is 25.8 Å². The fourth-order valence-electron chi connectivity index (χ4n) is 3.32. The van der Waals surface area contributed by atoms with Gasteiger partial charge in [0.2, 0.25) is 5.91 Å². The van der Waals surface area contributed by atoms with Crippen molar-refractivity contribution in [3.63, 3.8) is 0 Å². The Morgan fingerprint density at radius 2 is 1.42 bits per heavy atom. The summed E-state index contributed by atoms with van der Waals surface area (Å²) in [5, 5.41) is 0. The minimum absolute atomic E-state index is 0.0471. The molecule has 176 valence electrons. The van der Waals surface area contributed by atoms with Crippen LogP contribution in [0.5, 0.6) is 0 Å². The maximum atomic E-state index is 12.7. The van der Waals surface area contributed by atoms with Gasteiger partial charge in [-0.3, -0.25) is 14.5 Å². The van der Waals surface area contributed by atoms with Gasteiger partial charge in [0.25, 0.3) is 0 Å². The summed E-state index contributed by atoms with van der Waals surface area (Å²) in [7, 11) is 9.44. The first-order chi connectivity index (χ1) is 14.6. The molecule has 0 saturated carbocycles. The number of carbonyl (C=O) groups excluding carboxylic acids is 2. The number of rotatable bonds is 14. The van der Waals surface area contributed by atoms with E-state index in [9.17, 15) is 9.59 Å². The smallest absolute Gasteiger partial charge is 0.323 e. The van der Waals surface area contributed by atoms with Gasteiger partial charge in [-0.1, -0.05) is 12.1 Å². The van der Waals surface area contributed by atoms with Crippen LogP contribution in [0, 0.1) is 0 Å². The van der Waals surface area contributed by atoms with Gasteiger partial charge in [-0.05, 0) is 58.7 Å². The zero-order chi connectivity index (χ0) is 23.4. The molecule has 0 aliphatic carbocycles. The Balaban J connectivity index is 2.91. The van der Waals surface area contributed by atoms with Crippen molar-refractivity contribution >= 4 is 17.6 Å². The van der Waals surface area contributed by atoms with Crippen LogP contribution in [0.15, 0.2) is 24.3 Å². The van der Waals surface area contributed by atoms with Gasteiger partial charge in [0.05, 0.1) is 7.11 Å². The molecule has 0 heterocycles. The summed E-state index contributed by atoms with van der Waals surface area (Å²) in [5.41, 5.74) is 7.64. The van der Waals surface area contributed by atoms with Crippen molar-refractivity contribution in [1.29, 1.82) is 0 Å². The number of nitrogen functional groups attached to an aromatic ring is 1. The van der Waals surface area contributed by atoms with Crippen molar-refractivity contribution in [1.82, 2.24) is 19.6 Å². The zero-order valence-corrected chi connectivity index (χ0v) is 20.1. The van der Waals surface area contributed by atoms with E-state index in [4.69, 9.17) is 10.5 Å². The van der Waals surface area contributed by atoms with E-state index in [0.29, 0.717) is 32.6 Å². The second-order valence-electron chi connectivity index (χ2n) is 8.47. The lowest BCUT2D eigenvalue weighted by Gasteiger charge is -2.33. The number of hydrogen-bond donors (Lipinski definition) is 1. The summed E-state index contributed by atoms with van der Waals surface area (Å²) < 4.78 is 5.14. The van der Waals surface area contributed by atoms with Crippen LogP contribution in [-0.2, 0) is 20.7 Å². The van der Waals surface area contributed by atoms with Crippen LogP contribution >= 0.6 is 0 Å². The number of nitrogens with zero attached hydrogens (tertiary/aromatic N) is 4. The number of hydrogen-bond acceptors (Lipinski definition) is 7. The van der Waals surface area contributed by atoms with Crippen molar-refractivity contribution in [3.8, 4) is 0 Å². The molecule has 1 aromatic carbocycles. The molecule has 0 bridgehead atoms. The summed E-state index contributed by atoms with van der Waals surface area (Å²) in [6, 6.07) is 7.37. The first-order valence-corrected chi connectivity index (χ1v) is 10.8. The maximum Gasteiger partial charge on any atom is 0.323 e. The van der Waals surface area contributed by atoms with Crippen LogP contribution in [0.1, 0.15) is 18.9 Å². The minimum Gasteiger partial charge on any atom is -0.468 e. The molecule has 0 fully saturated rings. The van der Waals surface area contributed by atoms with Crippen LogP contribution in [0.2, 0.25) is 0 Å². The van der Waals surface area contributed by atoms with E-state index in [0.717, 1.165) is 30.8 Å². The molecular formula is C23H41N5O3. The first-order valence-electron chi connectivity index (χ1n) is 10.8. The number of methoxy groups -OCH3 is 1. The lowest BCUT2D eigenvalue weighted by atomic mass is 10.0. The second kappa shape index (κ2) is 14.0. The molecule has 0 saturated heterocycles. The van der Waals surface area contributed by atoms with Gasteiger partial charge in [0.15, 0.2) is 0 Å². The third-order valence-electron chi connectivity index (χ3n) is 5.35. The lowest BCUT2D eigenvalue weighted by molar-refractivity contribution is -0.147. The third-order valence-corrected chi connectivity index (χ3v) is 5.35. The predicted molar refractivity (Wildman–Crippen MR) is 126 cm³/mol. The van der Waals surface area contributed by atoms with Gasteiger partial charge in [0.1, 0.15) is 6.04 Å². The topological polar surface area (TPSA) is 82.3 Å². The van der Waals surface area contributed by atoms with Gasteiger partial charge >= 0.3 is 5.97 Å². The number of benzene rings is 1. The van der Waals surface area contributed by atoms with Crippen molar-refractivity contribution < 1.29 is 14.3 Å². The number of aryl methyl sites for hydroxylation is 1. The van der Waals surface area contributed by atoms with Gasteiger partial charge in [-0.15, -0.1) is 0 Å². The van der Waals surface area contributed by atoms with E-state index in [1.807, 2.05) is 57.4 Å². The number of amides is 1. The Morgan fingerprint density at radius 3 is 1.94 bits per heavy atom. The second-order valence-corrected chi connectivity index (χ2v) is 8.47. The summed E-state index contributed by atoms with van der Waals surface area (Å²) in [6.07, 6.45) is 1.39. The molecule has 1 aromatic rings. The quantitative estimate of drug-likeness (QED) is 0.345. The summed E-state index contributed by atoms with van der Waals surface area (Å²) in [5.74, 6) is -0.192. The fraction of sp³-hybridized carbons (Fsp3) is 0.652. The molecule has 31 heavy (non-hydrogen) atoms. The highest BCUT2D eigenvalue weighted by atomic mass is 16.5. The van der Waals surface area contributed by atoms with Crippen LogP contribution in [0.25, 0.3) is 0 Å². The highest BCUT2D eigenvalue weighted by molar-refractivity contribution is 5.75. The Labute approximate surface area is 187 Å². The summed E-state index contributed by atoms with van der Waals surface area (Å²) in [4.78, 5) is 32.9. The van der Waals surface area contributed by atoms with E-state index < -0.39 is 0 Å². The van der Waals surface area contributed by atoms with E-state index in [-0.39, 0.29) is 17.9 Å². The third kappa shape index (κ3) is 10.6. The summed E-state index contributed by atoms with van der Waals surface area (Å²) >= 11 is 0. The molecule has 0 aliphatic rings. The van der Waals surface area contributed by atoms with Crippen LogP contribution in [0.3, 0.4) is 0 Å². The van der Waals surface area contributed by atoms with Gasteiger partial charge in [-0.2, -0.15) is 0 Å². The van der Waals surface area contributed by atoms with Crippen molar-refractivity contribution in [3.05, 3.63) is 29.8 Å². The van der Waals surface area contributed by atoms with Crippen LogP contribution < -0.4 is 5.73 Å². The molecule has 1 rings (SSSR count). The Kier molecular flexibility index (Phi) is 12.1. The molecule has 1 amide bonds. The highest BCUT2D eigenvalue weighted by Crippen LogP contribution is 2.14. The standard InChI is InChI=1S/C23H41N5O3/c1-19(29)27(15-13-25(2)3)17-18-28(16-14-26(4)5)22(23(30)31-6)12-9-20-7-10-21(24)11-8-20/h7-8,10-11,22H,9,12-18,24H2,1-6H3. The van der Waals surface area contributed by atoms with Crippen LogP contribution in [-0.4, -0.2) is 112 Å². The number of anilines is 1. The minimum atomic E-state index is -0.370.